The number of benzene rings is 2. The van der Waals surface area contributed by atoms with E-state index >= 15 is 0 Å². The number of hydrogen-bond acceptors (Lipinski definition) is 5. The molecule has 0 radical (unpaired) electrons. The van der Waals surface area contributed by atoms with Gasteiger partial charge in [0.2, 0.25) is 5.91 Å². The summed E-state index contributed by atoms with van der Waals surface area (Å²) in [5.41, 5.74) is 2.95. The number of rotatable bonds is 4. The van der Waals surface area contributed by atoms with Crippen molar-refractivity contribution in [3.8, 4) is 11.3 Å². The maximum Gasteiger partial charge on any atom is 0.271 e. The van der Waals surface area contributed by atoms with Gasteiger partial charge < -0.3 is 9.42 Å². The van der Waals surface area contributed by atoms with Crippen molar-refractivity contribution in [3.05, 3.63) is 76.0 Å². The summed E-state index contributed by atoms with van der Waals surface area (Å²) in [7, 11) is 0. The quantitative estimate of drug-likeness (QED) is 0.532. The predicted molar refractivity (Wildman–Crippen MR) is 94.8 cm³/mol. The number of hydrogen-bond donors (Lipinski definition) is 0. The number of fused-ring (bicyclic) bond motifs is 1. The van der Waals surface area contributed by atoms with Crippen molar-refractivity contribution in [2.24, 2.45) is 0 Å². The van der Waals surface area contributed by atoms with Crippen molar-refractivity contribution >= 4 is 17.3 Å². The SMILES string of the molecule is O=C(Cc1cc(-c2ccccc2)on1)N1CCc2ccc([N+](=O)[O-])cc21. The fraction of sp³-hybridized carbons (Fsp3) is 0.158. The van der Waals surface area contributed by atoms with Crippen LogP contribution in [-0.4, -0.2) is 22.5 Å². The maximum atomic E-state index is 12.7. The second-order valence-corrected chi connectivity index (χ2v) is 6.09. The van der Waals surface area contributed by atoms with Gasteiger partial charge in [-0.05, 0) is 12.0 Å². The van der Waals surface area contributed by atoms with Gasteiger partial charge in [-0.3, -0.25) is 14.9 Å². The van der Waals surface area contributed by atoms with Gasteiger partial charge in [0.1, 0.15) is 0 Å². The van der Waals surface area contributed by atoms with E-state index in [2.05, 4.69) is 5.16 Å². The molecule has 0 saturated carbocycles. The molecule has 0 atom stereocenters. The van der Waals surface area contributed by atoms with E-state index in [1.165, 1.54) is 12.1 Å². The van der Waals surface area contributed by atoms with Gasteiger partial charge in [-0.1, -0.05) is 41.6 Å². The Morgan fingerprint density at radius 1 is 1.19 bits per heavy atom. The first-order valence-corrected chi connectivity index (χ1v) is 8.20. The molecule has 0 saturated heterocycles. The minimum Gasteiger partial charge on any atom is -0.356 e. The van der Waals surface area contributed by atoms with Gasteiger partial charge in [0, 0.05) is 30.3 Å². The van der Waals surface area contributed by atoms with Crippen LogP contribution in [0.15, 0.2) is 59.1 Å². The van der Waals surface area contributed by atoms with Gasteiger partial charge in [0.05, 0.1) is 22.7 Å². The van der Waals surface area contributed by atoms with Crippen LogP contribution in [0.25, 0.3) is 11.3 Å². The van der Waals surface area contributed by atoms with Crippen LogP contribution in [-0.2, 0) is 17.6 Å². The molecule has 0 bridgehead atoms. The highest BCUT2D eigenvalue weighted by atomic mass is 16.6. The summed E-state index contributed by atoms with van der Waals surface area (Å²) in [6, 6.07) is 15.9. The molecule has 2 aromatic carbocycles. The third-order valence-corrected chi connectivity index (χ3v) is 4.43. The summed E-state index contributed by atoms with van der Waals surface area (Å²) in [5.74, 6) is 0.447. The summed E-state index contributed by atoms with van der Waals surface area (Å²) >= 11 is 0. The fourth-order valence-electron chi connectivity index (χ4n) is 3.12. The first-order chi connectivity index (χ1) is 12.6. The molecule has 130 valence electrons. The van der Waals surface area contributed by atoms with E-state index in [4.69, 9.17) is 4.52 Å². The third-order valence-electron chi connectivity index (χ3n) is 4.43. The smallest absolute Gasteiger partial charge is 0.271 e. The average molecular weight is 349 g/mol. The summed E-state index contributed by atoms with van der Waals surface area (Å²) in [6.45, 7) is 0.513. The number of nitro groups is 1. The highest BCUT2D eigenvalue weighted by Crippen LogP contribution is 2.32. The highest BCUT2D eigenvalue weighted by Gasteiger charge is 2.27. The van der Waals surface area contributed by atoms with E-state index in [0.717, 1.165) is 11.1 Å². The molecule has 1 aliphatic rings. The van der Waals surface area contributed by atoms with E-state index in [-0.39, 0.29) is 18.0 Å². The third kappa shape index (κ3) is 2.95. The Labute approximate surface area is 149 Å². The first-order valence-electron chi connectivity index (χ1n) is 8.20. The largest absolute Gasteiger partial charge is 0.356 e. The van der Waals surface area contributed by atoms with Crippen molar-refractivity contribution in [1.82, 2.24) is 5.16 Å². The van der Waals surface area contributed by atoms with Crippen molar-refractivity contribution in [3.63, 3.8) is 0 Å². The highest BCUT2D eigenvalue weighted by molar-refractivity contribution is 5.97. The minimum absolute atomic E-state index is 0.0174. The molecule has 2 heterocycles. The van der Waals surface area contributed by atoms with Gasteiger partial charge in [0.15, 0.2) is 5.76 Å². The van der Waals surface area contributed by atoms with E-state index in [1.54, 1.807) is 17.0 Å². The molecule has 1 amide bonds. The average Bonchev–Trinajstić information content (AvgIpc) is 3.28. The van der Waals surface area contributed by atoms with Crippen molar-refractivity contribution < 1.29 is 14.2 Å². The molecule has 0 aliphatic carbocycles. The lowest BCUT2D eigenvalue weighted by Crippen LogP contribution is -2.30. The van der Waals surface area contributed by atoms with E-state index in [0.29, 0.717) is 30.1 Å². The Kier molecular flexibility index (Phi) is 3.96. The molecular weight excluding hydrogens is 334 g/mol. The Morgan fingerprint density at radius 2 is 2.00 bits per heavy atom. The number of nitrogens with zero attached hydrogens (tertiary/aromatic N) is 3. The minimum atomic E-state index is -0.453. The standard InChI is InChI=1S/C19H15N3O4/c23-19(11-15-10-18(26-20-15)14-4-2-1-3-5-14)21-9-8-13-6-7-16(22(24)25)12-17(13)21/h1-7,10,12H,8-9,11H2. The van der Waals surface area contributed by atoms with Crippen LogP contribution in [0.4, 0.5) is 11.4 Å². The Bertz CT molecular complexity index is 981. The molecule has 26 heavy (non-hydrogen) atoms. The van der Waals surface area contributed by atoms with E-state index in [9.17, 15) is 14.9 Å². The molecule has 1 aliphatic heterocycles. The zero-order valence-corrected chi connectivity index (χ0v) is 13.8. The normalized spacial score (nSPS) is 12.8. The molecule has 4 rings (SSSR count). The Hall–Kier alpha value is -3.48. The van der Waals surface area contributed by atoms with Gasteiger partial charge in [-0.25, -0.2) is 0 Å². The van der Waals surface area contributed by atoms with Gasteiger partial charge >= 0.3 is 0 Å². The molecule has 0 spiro atoms. The first kappa shape index (κ1) is 16.0. The molecule has 1 aromatic heterocycles. The van der Waals surface area contributed by atoms with Gasteiger partial charge in [-0.2, -0.15) is 0 Å². The summed E-state index contributed by atoms with van der Waals surface area (Å²) in [4.78, 5) is 24.8. The zero-order chi connectivity index (χ0) is 18.1. The monoisotopic (exact) mass is 349 g/mol. The number of aromatic nitrogens is 1. The summed E-state index contributed by atoms with van der Waals surface area (Å²) < 4.78 is 5.32. The molecule has 3 aromatic rings. The topological polar surface area (TPSA) is 89.5 Å². The van der Waals surface area contributed by atoms with Crippen molar-refractivity contribution in [1.29, 1.82) is 0 Å². The molecule has 0 unspecified atom stereocenters. The van der Waals surface area contributed by atoms with Crippen LogP contribution in [0, 0.1) is 10.1 Å². The number of carbonyl (C=O) groups excluding carboxylic acids is 1. The van der Waals surface area contributed by atoms with E-state index in [1.807, 2.05) is 30.3 Å². The second-order valence-electron chi connectivity index (χ2n) is 6.09. The van der Waals surface area contributed by atoms with Crippen LogP contribution < -0.4 is 4.90 Å². The lowest BCUT2D eigenvalue weighted by atomic mass is 10.1. The molecule has 0 N–H and O–H groups in total. The Morgan fingerprint density at radius 3 is 2.77 bits per heavy atom. The van der Waals surface area contributed by atoms with Crippen molar-refractivity contribution in [2.75, 3.05) is 11.4 Å². The lowest BCUT2D eigenvalue weighted by Gasteiger charge is -2.16. The Balaban J connectivity index is 1.53. The lowest BCUT2D eigenvalue weighted by molar-refractivity contribution is -0.384. The summed E-state index contributed by atoms with van der Waals surface area (Å²) in [6.07, 6.45) is 0.769. The van der Waals surface area contributed by atoms with E-state index < -0.39 is 4.92 Å². The van der Waals surface area contributed by atoms with Crippen LogP contribution in [0.3, 0.4) is 0 Å². The van der Waals surface area contributed by atoms with Crippen LogP contribution in [0.2, 0.25) is 0 Å². The predicted octanol–water partition coefficient (Wildman–Crippen LogP) is 3.38. The molecule has 7 heteroatoms. The zero-order valence-electron chi connectivity index (χ0n) is 13.8. The molecule has 0 fully saturated rings. The number of carbonyl (C=O) groups is 1. The van der Waals surface area contributed by atoms with Gasteiger partial charge in [0.25, 0.3) is 5.69 Å². The number of amides is 1. The van der Waals surface area contributed by atoms with Crippen molar-refractivity contribution in [2.45, 2.75) is 12.8 Å². The van der Waals surface area contributed by atoms with Crippen LogP contribution in [0.1, 0.15) is 11.3 Å². The maximum absolute atomic E-state index is 12.7. The fourth-order valence-corrected chi connectivity index (χ4v) is 3.12. The second kappa shape index (κ2) is 6.44. The van der Waals surface area contributed by atoms with Crippen LogP contribution >= 0.6 is 0 Å². The van der Waals surface area contributed by atoms with Gasteiger partial charge in [-0.15, -0.1) is 0 Å². The number of non-ortho nitro benzene ring substituents is 1. The molecular formula is C19H15N3O4. The molecule has 7 nitrogen and oxygen atoms in total. The van der Waals surface area contributed by atoms with Crippen LogP contribution in [0.5, 0.6) is 0 Å². The number of anilines is 1. The summed E-state index contributed by atoms with van der Waals surface area (Å²) in [5, 5.41) is 15.0. The number of nitro benzene ring substituents is 1.